The summed E-state index contributed by atoms with van der Waals surface area (Å²) in [5.74, 6) is 0.983. The highest BCUT2D eigenvalue weighted by molar-refractivity contribution is 5.90. The predicted molar refractivity (Wildman–Crippen MR) is 73.8 cm³/mol. The number of rotatable bonds is 4. The van der Waals surface area contributed by atoms with Crippen LogP contribution >= 0.6 is 0 Å². The van der Waals surface area contributed by atoms with E-state index in [0.717, 1.165) is 19.3 Å². The van der Waals surface area contributed by atoms with Crippen LogP contribution in [0.3, 0.4) is 0 Å². The third-order valence-electron chi connectivity index (χ3n) is 4.72. The second kappa shape index (κ2) is 5.06. The van der Waals surface area contributed by atoms with Gasteiger partial charge >= 0.3 is 0 Å². The Morgan fingerprint density at radius 1 is 1.26 bits per heavy atom. The second-order valence-corrected chi connectivity index (χ2v) is 5.82. The minimum atomic E-state index is -0.313. The molecule has 1 heterocycles. The van der Waals surface area contributed by atoms with Gasteiger partial charge in [-0.2, -0.15) is 0 Å². The summed E-state index contributed by atoms with van der Waals surface area (Å²) < 4.78 is 5.38. The minimum Gasteiger partial charge on any atom is -0.381 e. The fourth-order valence-corrected chi connectivity index (χ4v) is 3.26. The van der Waals surface area contributed by atoms with Crippen molar-refractivity contribution in [3.8, 4) is 0 Å². The summed E-state index contributed by atoms with van der Waals surface area (Å²) in [6, 6.07) is 10.3. The molecule has 3 heteroatoms. The molecule has 1 saturated heterocycles. The number of carbonyl (C=O) groups excluding carboxylic acids is 1. The molecule has 102 valence electrons. The van der Waals surface area contributed by atoms with Crippen LogP contribution in [0.4, 0.5) is 0 Å². The molecule has 3 nitrogen and oxygen atoms in total. The Morgan fingerprint density at radius 2 is 1.95 bits per heavy atom. The van der Waals surface area contributed by atoms with Gasteiger partial charge in [-0.25, -0.2) is 0 Å². The van der Waals surface area contributed by atoms with Gasteiger partial charge in [-0.15, -0.1) is 0 Å². The van der Waals surface area contributed by atoms with E-state index in [1.54, 1.807) is 0 Å². The van der Waals surface area contributed by atoms with Crippen LogP contribution in [0.5, 0.6) is 0 Å². The van der Waals surface area contributed by atoms with E-state index >= 15 is 0 Å². The first-order valence-corrected chi connectivity index (χ1v) is 7.14. The topological polar surface area (TPSA) is 52.3 Å². The van der Waals surface area contributed by atoms with Crippen molar-refractivity contribution in [3.05, 3.63) is 35.9 Å². The van der Waals surface area contributed by atoms with E-state index < -0.39 is 0 Å². The molecule has 0 amide bonds. The fraction of sp³-hybridized carbons (Fsp3) is 0.562. The molecule has 3 rings (SSSR count). The van der Waals surface area contributed by atoms with Crippen LogP contribution in [0.1, 0.15) is 30.7 Å². The van der Waals surface area contributed by atoms with Gasteiger partial charge in [-0.3, -0.25) is 4.79 Å². The lowest BCUT2D eigenvalue weighted by Gasteiger charge is -2.34. The highest BCUT2D eigenvalue weighted by Gasteiger charge is 2.51. The summed E-state index contributed by atoms with van der Waals surface area (Å²) >= 11 is 0. The lowest BCUT2D eigenvalue weighted by Crippen LogP contribution is -2.44. The number of carbonyl (C=O) groups is 1. The second-order valence-electron chi connectivity index (χ2n) is 5.82. The van der Waals surface area contributed by atoms with Crippen LogP contribution in [-0.4, -0.2) is 25.5 Å². The van der Waals surface area contributed by atoms with Crippen molar-refractivity contribution in [1.29, 1.82) is 0 Å². The molecule has 2 aliphatic rings. The van der Waals surface area contributed by atoms with Crippen molar-refractivity contribution in [2.75, 3.05) is 19.8 Å². The first-order valence-electron chi connectivity index (χ1n) is 7.14. The molecule has 1 aliphatic heterocycles. The molecular weight excluding hydrogens is 238 g/mol. The number of ether oxygens (including phenoxy) is 1. The Hall–Kier alpha value is -1.19. The molecule has 0 radical (unpaired) electrons. The summed E-state index contributed by atoms with van der Waals surface area (Å²) in [7, 11) is 0. The highest BCUT2D eigenvalue weighted by atomic mass is 16.5. The zero-order valence-corrected chi connectivity index (χ0v) is 11.2. The largest absolute Gasteiger partial charge is 0.381 e. The van der Waals surface area contributed by atoms with Crippen molar-refractivity contribution < 1.29 is 9.53 Å². The van der Waals surface area contributed by atoms with E-state index in [9.17, 15) is 4.79 Å². The Morgan fingerprint density at radius 3 is 2.58 bits per heavy atom. The third kappa shape index (κ3) is 2.33. The zero-order chi connectivity index (χ0) is 13.3. The van der Waals surface area contributed by atoms with E-state index in [-0.39, 0.29) is 11.3 Å². The van der Waals surface area contributed by atoms with Gasteiger partial charge in [0.2, 0.25) is 0 Å². The Labute approximate surface area is 114 Å². The van der Waals surface area contributed by atoms with Crippen LogP contribution in [-0.2, 0) is 9.53 Å². The molecule has 0 spiro atoms. The Kier molecular flexibility index (Phi) is 3.42. The number of ketones is 1. The molecule has 2 N–H and O–H groups in total. The SMILES string of the molecule is NCC1(C(=O)C2CC2c2ccccc2)CCOCC1. The van der Waals surface area contributed by atoms with Crippen molar-refractivity contribution in [3.63, 3.8) is 0 Å². The highest BCUT2D eigenvalue weighted by Crippen LogP contribution is 2.52. The van der Waals surface area contributed by atoms with Crippen LogP contribution in [0.15, 0.2) is 30.3 Å². The summed E-state index contributed by atoms with van der Waals surface area (Å²) in [5.41, 5.74) is 6.89. The Bertz CT molecular complexity index is 451. The van der Waals surface area contributed by atoms with E-state index in [2.05, 4.69) is 12.1 Å². The van der Waals surface area contributed by atoms with Gasteiger partial charge in [0.1, 0.15) is 5.78 Å². The smallest absolute Gasteiger partial charge is 0.144 e. The van der Waals surface area contributed by atoms with Gasteiger partial charge in [0.15, 0.2) is 0 Å². The van der Waals surface area contributed by atoms with Gasteiger partial charge in [0, 0.05) is 31.1 Å². The number of hydrogen-bond donors (Lipinski definition) is 1. The van der Waals surface area contributed by atoms with Crippen LogP contribution in [0, 0.1) is 11.3 Å². The first kappa shape index (κ1) is 12.8. The standard InChI is InChI=1S/C16H21NO2/c17-11-16(6-8-19-9-7-16)15(18)14-10-13(14)12-4-2-1-3-5-12/h1-5,13-14H,6-11,17H2. The van der Waals surface area contributed by atoms with Crippen LogP contribution < -0.4 is 5.73 Å². The van der Waals surface area contributed by atoms with Crippen LogP contribution in [0.2, 0.25) is 0 Å². The van der Waals surface area contributed by atoms with Gasteiger partial charge < -0.3 is 10.5 Å². The lowest BCUT2D eigenvalue weighted by atomic mass is 9.74. The summed E-state index contributed by atoms with van der Waals surface area (Å²) in [6.07, 6.45) is 2.58. The van der Waals surface area contributed by atoms with Crippen LogP contribution in [0.25, 0.3) is 0 Å². The van der Waals surface area contributed by atoms with Gasteiger partial charge in [-0.05, 0) is 30.7 Å². The summed E-state index contributed by atoms with van der Waals surface area (Å²) in [5, 5.41) is 0. The lowest BCUT2D eigenvalue weighted by molar-refractivity contribution is -0.135. The van der Waals surface area contributed by atoms with E-state index in [0.29, 0.717) is 31.5 Å². The van der Waals surface area contributed by atoms with E-state index in [4.69, 9.17) is 10.5 Å². The summed E-state index contributed by atoms with van der Waals surface area (Å²) in [6.45, 7) is 1.81. The fourth-order valence-electron chi connectivity index (χ4n) is 3.26. The quantitative estimate of drug-likeness (QED) is 0.901. The third-order valence-corrected chi connectivity index (χ3v) is 4.72. The molecule has 19 heavy (non-hydrogen) atoms. The molecule has 1 aromatic carbocycles. The first-order chi connectivity index (χ1) is 9.27. The zero-order valence-electron chi connectivity index (χ0n) is 11.2. The molecule has 1 aliphatic carbocycles. The number of benzene rings is 1. The molecule has 1 saturated carbocycles. The maximum Gasteiger partial charge on any atom is 0.144 e. The van der Waals surface area contributed by atoms with Crippen molar-refractivity contribution in [2.45, 2.75) is 25.2 Å². The van der Waals surface area contributed by atoms with Gasteiger partial charge in [0.25, 0.3) is 0 Å². The van der Waals surface area contributed by atoms with Crippen molar-refractivity contribution >= 4 is 5.78 Å². The molecule has 1 aromatic rings. The molecule has 0 bridgehead atoms. The normalized spacial score (nSPS) is 28.9. The van der Waals surface area contributed by atoms with Crippen molar-refractivity contribution in [1.82, 2.24) is 0 Å². The molecule has 2 atom stereocenters. The van der Waals surface area contributed by atoms with E-state index in [1.165, 1.54) is 5.56 Å². The maximum absolute atomic E-state index is 12.8. The molecular formula is C16H21NO2. The monoisotopic (exact) mass is 259 g/mol. The minimum absolute atomic E-state index is 0.184. The van der Waals surface area contributed by atoms with E-state index in [1.807, 2.05) is 18.2 Å². The summed E-state index contributed by atoms with van der Waals surface area (Å²) in [4.78, 5) is 12.8. The average molecular weight is 259 g/mol. The maximum atomic E-state index is 12.8. The molecule has 0 aromatic heterocycles. The van der Waals surface area contributed by atoms with Gasteiger partial charge in [-0.1, -0.05) is 30.3 Å². The number of hydrogen-bond acceptors (Lipinski definition) is 3. The Balaban J connectivity index is 1.72. The molecule has 2 unspecified atom stereocenters. The predicted octanol–water partition coefficient (Wildman–Crippen LogP) is 2.11. The molecule has 2 fully saturated rings. The number of nitrogens with two attached hydrogens (primary N) is 1. The van der Waals surface area contributed by atoms with Gasteiger partial charge in [0.05, 0.1) is 0 Å². The van der Waals surface area contributed by atoms with Crippen molar-refractivity contribution in [2.24, 2.45) is 17.1 Å². The number of Topliss-reactive ketones (excluding diaryl/α,β-unsaturated/α-hetero) is 1. The average Bonchev–Trinajstić information content (AvgIpc) is 3.28.